The van der Waals surface area contributed by atoms with E-state index in [2.05, 4.69) is 72.6 Å². The van der Waals surface area contributed by atoms with Crippen LogP contribution in [0.5, 0.6) is 0 Å². The van der Waals surface area contributed by atoms with E-state index >= 15 is 0 Å². The highest BCUT2D eigenvalue weighted by molar-refractivity contribution is 5.82. The van der Waals surface area contributed by atoms with Crippen LogP contribution < -0.4 is 10.8 Å². The Kier molecular flexibility index (Phi) is 4.36. The molecule has 0 fully saturated rings. The van der Waals surface area contributed by atoms with Gasteiger partial charge in [-0.15, -0.1) is 0 Å². The number of aryl methyl sites for hydroxylation is 3. The fourth-order valence-electron chi connectivity index (χ4n) is 3.75. The number of rotatable bonds is 3. The van der Waals surface area contributed by atoms with Gasteiger partial charge in [0.05, 0.1) is 16.4 Å². The maximum absolute atomic E-state index is 6.28. The number of benzene rings is 3. The first-order valence-corrected chi connectivity index (χ1v) is 9.93. The summed E-state index contributed by atoms with van der Waals surface area (Å²) >= 11 is 0. The minimum Gasteiger partial charge on any atom is -0.456 e. The number of H-pyrrole nitrogens is 1. The van der Waals surface area contributed by atoms with Crippen LogP contribution in [0.15, 0.2) is 76.2 Å². The molecule has 0 atom stereocenters. The molecule has 0 aliphatic heterocycles. The number of imidazole rings is 1. The van der Waals surface area contributed by atoms with E-state index < -0.39 is 0 Å². The molecule has 0 saturated carbocycles. The van der Waals surface area contributed by atoms with Crippen molar-refractivity contribution in [3.63, 3.8) is 0 Å². The van der Waals surface area contributed by atoms with Crippen molar-refractivity contribution in [1.82, 2.24) is 9.97 Å². The molecule has 5 nitrogen and oxygen atoms in total. The second-order valence-corrected chi connectivity index (χ2v) is 7.64. The van der Waals surface area contributed by atoms with Crippen LogP contribution in [-0.4, -0.2) is 9.97 Å². The number of hydrogen-bond acceptors (Lipinski definition) is 4. The first kappa shape index (κ1) is 18.2. The Hall–Kier alpha value is -3.86. The third kappa shape index (κ3) is 3.35. The molecule has 148 valence electrons. The molecule has 2 aromatic heterocycles. The third-order valence-electron chi connectivity index (χ3n) is 5.20. The van der Waals surface area contributed by atoms with Gasteiger partial charge in [-0.05, 0) is 50.1 Å². The van der Waals surface area contributed by atoms with E-state index in [9.17, 15) is 0 Å². The van der Waals surface area contributed by atoms with Gasteiger partial charge < -0.3 is 9.40 Å². The Morgan fingerprint density at radius 3 is 2.50 bits per heavy atom. The molecule has 0 amide bonds. The van der Waals surface area contributed by atoms with Gasteiger partial charge in [0.1, 0.15) is 11.3 Å². The molecule has 3 aromatic carbocycles. The molecule has 5 heteroatoms. The van der Waals surface area contributed by atoms with Gasteiger partial charge in [0, 0.05) is 17.0 Å². The summed E-state index contributed by atoms with van der Waals surface area (Å²) in [7, 11) is 0. The fraction of sp³-hybridized carbons (Fsp3) is 0.120. The zero-order chi connectivity index (χ0) is 20.7. The van der Waals surface area contributed by atoms with Crippen LogP contribution in [-0.2, 0) is 0 Å². The Bertz CT molecular complexity index is 1410. The molecule has 0 bridgehead atoms. The van der Waals surface area contributed by atoms with Crippen LogP contribution in [0.2, 0.25) is 0 Å². The third-order valence-corrected chi connectivity index (χ3v) is 5.20. The quantitative estimate of drug-likeness (QED) is 0.378. The molecule has 0 saturated heterocycles. The fourth-order valence-corrected chi connectivity index (χ4v) is 3.75. The lowest BCUT2D eigenvalue weighted by Gasteiger charge is -2.08. The lowest BCUT2D eigenvalue weighted by atomic mass is 10.0. The molecule has 0 spiro atoms. The monoisotopic (exact) mass is 394 g/mol. The molecule has 0 aliphatic carbocycles. The van der Waals surface area contributed by atoms with Gasteiger partial charge in [-0.25, -0.2) is 10.4 Å². The summed E-state index contributed by atoms with van der Waals surface area (Å²) in [5, 5.41) is 6.49. The van der Waals surface area contributed by atoms with Gasteiger partial charge >= 0.3 is 0 Å². The number of fused-ring (bicyclic) bond motifs is 2. The standard InChI is InChI=1S/C25H22N4O/c1-15-8-10-18(11-9-15)22-14-21(24-17(3)12-16(2)13-23(24)30-22)28-29-25-26-19-6-4-5-7-20(19)27-25/h4-14H,1-3H3,(H2,26,27,29). The number of nitrogens with one attached hydrogen (secondary N) is 2. The number of hydrogen-bond donors (Lipinski definition) is 2. The van der Waals surface area contributed by atoms with E-state index in [-0.39, 0.29) is 0 Å². The largest absolute Gasteiger partial charge is 0.456 e. The van der Waals surface area contributed by atoms with Crippen molar-refractivity contribution >= 4 is 28.0 Å². The molecule has 5 rings (SSSR count). The van der Waals surface area contributed by atoms with Crippen LogP contribution >= 0.6 is 0 Å². The Morgan fingerprint density at radius 1 is 0.900 bits per heavy atom. The van der Waals surface area contributed by atoms with E-state index in [0.29, 0.717) is 5.95 Å². The highest BCUT2D eigenvalue weighted by atomic mass is 16.3. The van der Waals surface area contributed by atoms with Crippen LogP contribution in [0.3, 0.4) is 0 Å². The molecule has 30 heavy (non-hydrogen) atoms. The zero-order valence-electron chi connectivity index (χ0n) is 17.2. The molecule has 0 radical (unpaired) electrons. The van der Waals surface area contributed by atoms with Gasteiger partial charge in [0.15, 0.2) is 0 Å². The van der Waals surface area contributed by atoms with Crippen molar-refractivity contribution in [2.24, 2.45) is 5.10 Å². The summed E-state index contributed by atoms with van der Waals surface area (Å²) in [6, 6.07) is 22.4. The topological polar surface area (TPSA) is 66.2 Å². The van der Waals surface area contributed by atoms with Gasteiger partial charge in [-0.3, -0.25) is 0 Å². The normalized spacial score (nSPS) is 12.0. The van der Waals surface area contributed by atoms with Crippen molar-refractivity contribution in [2.45, 2.75) is 20.8 Å². The van der Waals surface area contributed by atoms with Crippen molar-refractivity contribution in [1.29, 1.82) is 0 Å². The predicted molar refractivity (Wildman–Crippen MR) is 121 cm³/mol. The van der Waals surface area contributed by atoms with E-state index in [1.807, 2.05) is 30.3 Å². The van der Waals surface area contributed by atoms with E-state index in [0.717, 1.165) is 49.8 Å². The van der Waals surface area contributed by atoms with Crippen LogP contribution in [0.25, 0.3) is 33.3 Å². The molecular weight excluding hydrogens is 372 g/mol. The van der Waals surface area contributed by atoms with Crippen molar-refractivity contribution in [3.8, 4) is 11.3 Å². The van der Waals surface area contributed by atoms with Crippen LogP contribution in [0.4, 0.5) is 5.95 Å². The maximum Gasteiger partial charge on any atom is 0.222 e. The van der Waals surface area contributed by atoms with E-state index in [4.69, 9.17) is 9.52 Å². The Balaban J connectivity index is 1.68. The molecule has 5 aromatic rings. The minimum absolute atomic E-state index is 0.604. The van der Waals surface area contributed by atoms with Crippen molar-refractivity contribution in [3.05, 3.63) is 88.8 Å². The Morgan fingerprint density at radius 2 is 1.70 bits per heavy atom. The second kappa shape index (κ2) is 7.19. The van der Waals surface area contributed by atoms with Crippen molar-refractivity contribution in [2.75, 3.05) is 5.43 Å². The highest BCUT2D eigenvalue weighted by Gasteiger charge is 2.09. The van der Waals surface area contributed by atoms with Crippen LogP contribution in [0.1, 0.15) is 16.7 Å². The van der Waals surface area contributed by atoms with Crippen molar-refractivity contribution < 1.29 is 4.42 Å². The highest BCUT2D eigenvalue weighted by Crippen LogP contribution is 2.25. The molecule has 0 unspecified atom stereocenters. The maximum atomic E-state index is 6.28. The zero-order valence-corrected chi connectivity index (χ0v) is 17.2. The SMILES string of the molecule is Cc1ccc(-c2cc(=NNc3nc4ccccc4[nH]3)c3c(C)cc(C)cc3o2)cc1. The average molecular weight is 394 g/mol. The number of aromatic amines is 1. The molecule has 0 aliphatic rings. The van der Waals surface area contributed by atoms with Gasteiger partial charge in [0.2, 0.25) is 5.95 Å². The minimum atomic E-state index is 0.604. The first-order valence-electron chi connectivity index (χ1n) is 9.93. The predicted octanol–water partition coefficient (Wildman–Crippen LogP) is 5.83. The lowest BCUT2D eigenvalue weighted by molar-refractivity contribution is 0.617. The van der Waals surface area contributed by atoms with Crippen LogP contribution in [0, 0.1) is 20.8 Å². The summed E-state index contributed by atoms with van der Waals surface area (Å²) in [5.74, 6) is 1.38. The molecule has 2 heterocycles. The summed E-state index contributed by atoms with van der Waals surface area (Å²) in [4.78, 5) is 7.80. The lowest BCUT2D eigenvalue weighted by Crippen LogP contribution is -2.09. The number of nitrogens with zero attached hydrogens (tertiary/aromatic N) is 2. The first-order chi connectivity index (χ1) is 14.6. The molecule has 2 N–H and O–H groups in total. The Labute approximate surface area is 174 Å². The smallest absolute Gasteiger partial charge is 0.222 e. The van der Waals surface area contributed by atoms with E-state index in [1.54, 1.807) is 0 Å². The van der Waals surface area contributed by atoms with Gasteiger partial charge in [0.25, 0.3) is 0 Å². The summed E-state index contributed by atoms with van der Waals surface area (Å²) < 4.78 is 6.28. The number of aromatic nitrogens is 2. The van der Waals surface area contributed by atoms with Gasteiger partial charge in [-0.2, -0.15) is 5.10 Å². The second-order valence-electron chi connectivity index (χ2n) is 7.64. The average Bonchev–Trinajstić information content (AvgIpc) is 3.15. The number of para-hydroxylation sites is 2. The summed E-state index contributed by atoms with van der Waals surface area (Å²) in [6.45, 7) is 6.23. The molecular formula is C25H22N4O. The number of anilines is 1. The van der Waals surface area contributed by atoms with E-state index in [1.165, 1.54) is 5.56 Å². The van der Waals surface area contributed by atoms with Gasteiger partial charge in [-0.1, -0.05) is 48.0 Å². The summed E-state index contributed by atoms with van der Waals surface area (Å²) in [6.07, 6.45) is 0. The summed E-state index contributed by atoms with van der Waals surface area (Å²) in [5.41, 5.74) is 10.3.